The summed E-state index contributed by atoms with van der Waals surface area (Å²) >= 11 is 0. The molecule has 0 radical (unpaired) electrons. The third kappa shape index (κ3) is 16.5. The van der Waals surface area contributed by atoms with Gasteiger partial charge in [-0.15, -0.1) is 0 Å². The van der Waals surface area contributed by atoms with Gasteiger partial charge in [0.2, 0.25) is 0 Å². The highest BCUT2D eigenvalue weighted by Crippen LogP contribution is 1.93. The number of unbranched alkanes of at least 4 members (excludes halogenated alkanes) is 1. The molecule has 0 bridgehead atoms. The van der Waals surface area contributed by atoms with Gasteiger partial charge in [0.1, 0.15) is 0 Å². The van der Waals surface area contributed by atoms with Crippen molar-refractivity contribution in [3.05, 3.63) is 0 Å². The number of aliphatic hydroxyl groups excluding tert-OH is 4. The molecule has 0 saturated heterocycles. The third-order valence-electron chi connectivity index (χ3n) is 1.76. The van der Waals surface area contributed by atoms with Crippen molar-refractivity contribution >= 4 is 0 Å². The molecule has 5 nitrogen and oxygen atoms in total. The van der Waals surface area contributed by atoms with E-state index in [4.69, 9.17) is 20.4 Å². The van der Waals surface area contributed by atoms with Gasteiger partial charge < -0.3 is 20.4 Å². The zero-order chi connectivity index (χ0) is 11.9. The Hall–Kier alpha value is -0.200. The number of rotatable bonds is 8. The molecule has 0 fully saturated rings. The molecule has 0 heterocycles. The van der Waals surface area contributed by atoms with Crippen LogP contribution in [0.1, 0.15) is 19.8 Å². The molecular weight excluding hydrogens is 198 g/mol. The molecule has 4 N–H and O–H groups in total. The predicted octanol–water partition coefficient (Wildman–Crippen LogP) is -0.956. The van der Waals surface area contributed by atoms with Crippen LogP contribution in [0.25, 0.3) is 0 Å². The number of aliphatic hydroxyl groups is 4. The van der Waals surface area contributed by atoms with Gasteiger partial charge in [0.25, 0.3) is 0 Å². The summed E-state index contributed by atoms with van der Waals surface area (Å²) in [5, 5.41) is 32.5. The lowest BCUT2D eigenvalue weighted by Gasteiger charge is -2.19. The SMILES string of the molecule is CCCCN(CCO)CCO.OCCO. The Labute approximate surface area is 92.0 Å². The Morgan fingerprint density at radius 2 is 1.20 bits per heavy atom. The Morgan fingerprint density at radius 3 is 1.47 bits per heavy atom. The molecule has 15 heavy (non-hydrogen) atoms. The van der Waals surface area contributed by atoms with E-state index in [1.165, 1.54) is 0 Å². The molecular formula is C10H25NO4. The van der Waals surface area contributed by atoms with Gasteiger partial charge in [-0.05, 0) is 13.0 Å². The molecule has 0 spiro atoms. The molecule has 0 aromatic rings. The van der Waals surface area contributed by atoms with E-state index in [0.717, 1.165) is 19.4 Å². The molecule has 0 amide bonds. The molecule has 0 unspecified atom stereocenters. The topological polar surface area (TPSA) is 84.2 Å². The van der Waals surface area contributed by atoms with Gasteiger partial charge in [-0.25, -0.2) is 0 Å². The summed E-state index contributed by atoms with van der Waals surface area (Å²) in [6.07, 6.45) is 2.30. The van der Waals surface area contributed by atoms with E-state index >= 15 is 0 Å². The van der Waals surface area contributed by atoms with Gasteiger partial charge in [-0.2, -0.15) is 0 Å². The lowest BCUT2D eigenvalue weighted by molar-refractivity contribution is 0.159. The van der Waals surface area contributed by atoms with Crippen LogP contribution in [0.3, 0.4) is 0 Å². The van der Waals surface area contributed by atoms with Crippen molar-refractivity contribution in [1.29, 1.82) is 0 Å². The summed E-state index contributed by atoms with van der Waals surface area (Å²) in [6.45, 7) is 4.60. The standard InChI is InChI=1S/C8H19NO2.C2H6O2/c1-2-3-4-9(5-7-10)6-8-11;3-1-2-4/h10-11H,2-8H2,1H3;3-4H,1-2H2. The van der Waals surface area contributed by atoms with Gasteiger partial charge in [0.05, 0.1) is 26.4 Å². The van der Waals surface area contributed by atoms with Crippen molar-refractivity contribution in [2.75, 3.05) is 46.1 Å². The molecule has 0 aliphatic rings. The van der Waals surface area contributed by atoms with E-state index in [-0.39, 0.29) is 26.4 Å². The van der Waals surface area contributed by atoms with Crippen LogP contribution in [0, 0.1) is 0 Å². The molecule has 5 heteroatoms. The molecule has 0 aliphatic carbocycles. The van der Waals surface area contributed by atoms with Crippen molar-refractivity contribution in [3.8, 4) is 0 Å². The second-order valence-corrected chi connectivity index (χ2v) is 3.09. The monoisotopic (exact) mass is 223 g/mol. The highest BCUT2D eigenvalue weighted by molar-refractivity contribution is 4.55. The van der Waals surface area contributed by atoms with Crippen molar-refractivity contribution < 1.29 is 20.4 Å². The first-order chi connectivity index (χ1) is 7.26. The smallest absolute Gasteiger partial charge is 0.0662 e. The van der Waals surface area contributed by atoms with Crippen LogP contribution in [0.15, 0.2) is 0 Å². The zero-order valence-electron chi connectivity index (χ0n) is 9.60. The Kier molecular flexibility index (Phi) is 18.6. The number of hydrogen-bond donors (Lipinski definition) is 4. The van der Waals surface area contributed by atoms with E-state index in [1.54, 1.807) is 0 Å². The van der Waals surface area contributed by atoms with Crippen molar-refractivity contribution in [1.82, 2.24) is 4.90 Å². The van der Waals surface area contributed by atoms with Gasteiger partial charge >= 0.3 is 0 Å². The van der Waals surface area contributed by atoms with Crippen molar-refractivity contribution in [2.45, 2.75) is 19.8 Å². The predicted molar refractivity (Wildman–Crippen MR) is 59.7 cm³/mol. The second kappa shape index (κ2) is 16.2. The Morgan fingerprint density at radius 1 is 0.733 bits per heavy atom. The third-order valence-corrected chi connectivity index (χ3v) is 1.76. The number of nitrogens with zero attached hydrogens (tertiary/aromatic N) is 1. The normalized spacial score (nSPS) is 10.0. The first kappa shape index (κ1) is 17.2. The van der Waals surface area contributed by atoms with Crippen LogP contribution in [-0.2, 0) is 0 Å². The van der Waals surface area contributed by atoms with Crippen LogP contribution in [-0.4, -0.2) is 71.4 Å². The summed E-state index contributed by atoms with van der Waals surface area (Å²) in [7, 11) is 0. The second-order valence-electron chi connectivity index (χ2n) is 3.09. The fraction of sp³-hybridized carbons (Fsp3) is 1.00. The Balaban J connectivity index is 0. The van der Waals surface area contributed by atoms with Crippen LogP contribution < -0.4 is 0 Å². The van der Waals surface area contributed by atoms with Gasteiger partial charge in [-0.3, -0.25) is 4.90 Å². The quantitative estimate of drug-likeness (QED) is 0.426. The summed E-state index contributed by atoms with van der Waals surface area (Å²) < 4.78 is 0. The molecule has 0 saturated carbocycles. The fourth-order valence-electron chi connectivity index (χ4n) is 1.000. The molecule has 94 valence electrons. The minimum Gasteiger partial charge on any atom is -0.395 e. The van der Waals surface area contributed by atoms with Crippen LogP contribution in [0.4, 0.5) is 0 Å². The van der Waals surface area contributed by atoms with E-state index in [9.17, 15) is 0 Å². The molecule has 0 aromatic heterocycles. The molecule has 0 aliphatic heterocycles. The minimum atomic E-state index is -0.125. The average molecular weight is 223 g/mol. The van der Waals surface area contributed by atoms with Crippen molar-refractivity contribution in [3.63, 3.8) is 0 Å². The van der Waals surface area contributed by atoms with E-state index in [2.05, 4.69) is 11.8 Å². The number of hydrogen-bond acceptors (Lipinski definition) is 5. The van der Waals surface area contributed by atoms with E-state index in [0.29, 0.717) is 13.1 Å². The molecule has 0 rings (SSSR count). The van der Waals surface area contributed by atoms with E-state index < -0.39 is 0 Å². The summed E-state index contributed by atoms with van der Waals surface area (Å²) in [6, 6.07) is 0. The molecule has 0 aromatic carbocycles. The van der Waals surface area contributed by atoms with Crippen molar-refractivity contribution in [2.24, 2.45) is 0 Å². The van der Waals surface area contributed by atoms with Crippen LogP contribution in [0.5, 0.6) is 0 Å². The van der Waals surface area contributed by atoms with Gasteiger partial charge in [0.15, 0.2) is 0 Å². The van der Waals surface area contributed by atoms with Crippen LogP contribution >= 0.6 is 0 Å². The minimum absolute atomic E-state index is 0.125. The highest BCUT2D eigenvalue weighted by Gasteiger charge is 2.00. The fourth-order valence-corrected chi connectivity index (χ4v) is 1.000. The highest BCUT2D eigenvalue weighted by atomic mass is 16.3. The first-order valence-corrected chi connectivity index (χ1v) is 5.42. The van der Waals surface area contributed by atoms with Gasteiger partial charge in [0, 0.05) is 13.1 Å². The zero-order valence-corrected chi connectivity index (χ0v) is 9.60. The summed E-state index contributed by atoms with van der Waals surface area (Å²) in [5.74, 6) is 0. The maximum Gasteiger partial charge on any atom is 0.0662 e. The van der Waals surface area contributed by atoms with Gasteiger partial charge in [-0.1, -0.05) is 13.3 Å². The first-order valence-electron chi connectivity index (χ1n) is 5.42. The Bertz CT molecular complexity index is 95.4. The van der Waals surface area contributed by atoms with E-state index in [1.807, 2.05) is 0 Å². The maximum absolute atomic E-state index is 8.64. The average Bonchev–Trinajstić information content (AvgIpc) is 2.27. The summed E-state index contributed by atoms with van der Waals surface area (Å²) in [4.78, 5) is 2.07. The summed E-state index contributed by atoms with van der Waals surface area (Å²) in [5.41, 5.74) is 0. The lowest BCUT2D eigenvalue weighted by Crippen LogP contribution is -2.30. The maximum atomic E-state index is 8.64. The lowest BCUT2D eigenvalue weighted by atomic mass is 10.3. The molecule has 0 atom stereocenters. The largest absolute Gasteiger partial charge is 0.395 e. The van der Waals surface area contributed by atoms with Crippen LogP contribution in [0.2, 0.25) is 0 Å².